The SMILES string of the molecule is CN(C)S(=O)(=O)c1ccc2c(c1)CCN2C(=O)O[C@@H]1C[C@H]2C(=O)N[C@]3(C(=O)NS(=O)(=O)C4CC4)C[C@@H]3/C=C\CCCCCNC(=O)N2C1. The van der Waals surface area contributed by atoms with Crippen LogP contribution in [0.2, 0.25) is 0 Å². The summed E-state index contributed by atoms with van der Waals surface area (Å²) in [5, 5.41) is 5.01. The van der Waals surface area contributed by atoms with Gasteiger partial charge in [0.05, 0.1) is 22.4 Å². The summed E-state index contributed by atoms with van der Waals surface area (Å²) in [6, 6.07) is 2.94. The number of rotatable bonds is 6. The Balaban J connectivity index is 1.19. The van der Waals surface area contributed by atoms with E-state index in [1.165, 1.54) is 30.0 Å². The van der Waals surface area contributed by atoms with Crippen LogP contribution in [0.5, 0.6) is 0 Å². The van der Waals surface area contributed by atoms with E-state index in [0.29, 0.717) is 37.1 Å². The van der Waals surface area contributed by atoms with E-state index in [4.69, 9.17) is 4.74 Å². The van der Waals surface area contributed by atoms with Gasteiger partial charge in [-0.1, -0.05) is 18.6 Å². The number of ether oxygens (including phenoxy) is 1. The van der Waals surface area contributed by atoms with Crippen molar-refractivity contribution in [2.45, 2.75) is 85.6 Å². The van der Waals surface area contributed by atoms with Crippen LogP contribution in [-0.4, -0.2) is 107 Å². The molecule has 262 valence electrons. The Morgan fingerprint density at radius 1 is 1.08 bits per heavy atom. The molecule has 3 heterocycles. The zero-order chi connectivity index (χ0) is 34.4. The second-order valence-corrected chi connectivity index (χ2v) is 17.5. The molecule has 0 spiro atoms. The summed E-state index contributed by atoms with van der Waals surface area (Å²) in [6.45, 7) is 0.577. The van der Waals surface area contributed by atoms with E-state index < -0.39 is 72.8 Å². The van der Waals surface area contributed by atoms with Crippen molar-refractivity contribution in [3.8, 4) is 0 Å². The molecule has 2 aliphatic carbocycles. The molecule has 4 atom stereocenters. The third-order valence-corrected chi connectivity index (χ3v) is 13.3. The van der Waals surface area contributed by atoms with Crippen molar-refractivity contribution in [1.29, 1.82) is 0 Å². The summed E-state index contributed by atoms with van der Waals surface area (Å²) in [5.74, 6) is -1.86. The van der Waals surface area contributed by atoms with Gasteiger partial charge in [0, 0.05) is 39.5 Å². The Morgan fingerprint density at radius 3 is 2.58 bits per heavy atom. The first-order chi connectivity index (χ1) is 22.7. The monoisotopic (exact) mass is 706 g/mol. The molecule has 5 aliphatic rings. The zero-order valence-electron chi connectivity index (χ0n) is 27.0. The number of fused-ring (bicyclic) bond motifs is 3. The van der Waals surface area contributed by atoms with Gasteiger partial charge in [0.15, 0.2) is 0 Å². The molecule has 0 unspecified atom stereocenters. The number of urea groups is 1. The highest BCUT2D eigenvalue weighted by atomic mass is 32.2. The van der Waals surface area contributed by atoms with Gasteiger partial charge in [-0.2, -0.15) is 0 Å². The number of anilines is 1. The molecule has 0 aromatic heterocycles. The quantitative estimate of drug-likeness (QED) is 0.365. The molecular weight excluding hydrogens is 665 g/mol. The molecule has 2 saturated carbocycles. The lowest BCUT2D eigenvalue weighted by molar-refractivity contribution is -0.131. The van der Waals surface area contributed by atoms with E-state index in [1.54, 1.807) is 12.1 Å². The van der Waals surface area contributed by atoms with Crippen LogP contribution >= 0.6 is 0 Å². The number of nitrogens with zero attached hydrogens (tertiary/aromatic N) is 3. The molecule has 1 aromatic rings. The average molecular weight is 707 g/mol. The summed E-state index contributed by atoms with van der Waals surface area (Å²) >= 11 is 0. The van der Waals surface area contributed by atoms with Crippen LogP contribution in [0.4, 0.5) is 15.3 Å². The normalized spacial score (nSPS) is 28.6. The largest absolute Gasteiger partial charge is 0.444 e. The topological polar surface area (TPSA) is 192 Å². The van der Waals surface area contributed by atoms with Crippen LogP contribution < -0.4 is 20.3 Å². The van der Waals surface area contributed by atoms with Gasteiger partial charge in [-0.05, 0) is 68.7 Å². The maximum absolute atomic E-state index is 13.9. The van der Waals surface area contributed by atoms with Crippen LogP contribution in [-0.2, 0) is 40.8 Å². The van der Waals surface area contributed by atoms with Gasteiger partial charge in [0.1, 0.15) is 17.7 Å². The Kier molecular flexibility index (Phi) is 9.23. The predicted octanol–water partition coefficient (Wildman–Crippen LogP) is 1.20. The highest BCUT2D eigenvalue weighted by molar-refractivity contribution is 7.91. The summed E-state index contributed by atoms with van der Waals surface area (Å²) in [6.07, 6.45) is 6.95. The lowest BCUT2D eigenvalue weighted by Crippen LogP contribution is -2.57. The molecule has 3 N–H and O–H groups in total. The van der Waals surface area contributed by atoms with E-state index in [0.717, 1.165) is 30.0 Å². The zero-order valence-corrected chi connectivity index (χ0v) is 28.6. The number of carbonyl (C=O) groups is 4. The van der Waals surface area contributed by atoms with E-state index in [2.05, 4.69) is 15.4 Å². The third-order valence-electron chi connectivity index (χ3n) is 9.70. The molecule has 0 bridgehead atoms. The fourth-order valence-electron chi connectivity index (χ4n) is 6.59. The van der Waals surface area contributed by atoms with Crippen LogP contribution in [0, 0.1) is 5.92 Å². The highest BCUT2D eigenvalue weighted by Gasteiger charge is 2.62. The van der Waals surface area contributed by atoms with Crippen LogP contribution in [0.25, 0.3) is 0 Å². The summed E-state index contributed by atoms with van der Waals surface area (Å²) in [5.41, 5.74) is -0.291. The first kappa shape index (κ1) is 34.2. The lowest BCUT2D eigenvalue weighted by Gasteiger charge is -2.26. The van der Waals surface area contributed by atoms with E-state index in [9.17, 15) is 36.0 Å². The van der Waals surface area contributed by atoms with Gasteiger partial charge in [-0.25, -0.2) is 30.7 Å². The van der Waals surface area contributed by atoms with Crippen molar-refractivity contribution >= 4 is 49.7 Å². The van der Waals surface area contributed by atoms with Crippen molar-refractivity contribution in [2.75, 3.05) is 38.6 Å². The van der Waals surface area contributed by atoms with Crippen LogP contribution in [0.1, 0.15) is 56.9 Å². The number of hydrogen-bond donors (Lipinski definition) is 3. The summed E-state index contributed by atoms with van der Waals surface area (Å²) in [4.78, 5) is 56.8. The van der Waals surface area contributed by atoms with Crippen LogP contribution in [0.3, 0.4) is 0 Å². The molecule has 15 nitrogen and oxygen atoms in total. The van der Waals surface area contributed by atoms with Gasteiger partial charge in [0.2, 0.25) is 26.0 Å². The number of nitrogens with one attached hydrogen (secondary N) is 3. The summed E-state index contributed by atoms with van der Waals surface area (Å²) < 4.78 is 59.6. The fraction of sp³-hybridized carbons (Fsp3) is 0.613. The second-order valence-electron chi connectivity index (χ2n) is 13.3. The van der Waals surface area contributed by atoms with Gasteiger partial charge in [-0.15, -0.1) is 0 Å². The second kappa shape index (κ2) is 13.0. The lowest BCUT2D eigenvalue weighted by atomic mass is 10.1. The van der Waals surface area contributed by atoms with E-state index in [1.807, 2.05) is 12.2 Å². The number of carbonyl (C=O) groups excluding carboxylic acids is 4. The number of benzene rings is 1. The maximum atomic E-state index is 13.9. The van der Waals surface area contributed by atoms with Gasteiger partial charge < -0.3 is 20.3 Å². The molecular formula is C31H42N6O9S2. The highest BCUT2D eigenvalue weighted by Crippen LogP contribution is 2.46. The van der Waals surface area contributed by atoms with Crippen molar-refractivity contribution < 1.29 is 40.8 Å². The molecule has 5 amide bonds. The van der Waals surface area contributed by atoms with Crippen molar-refractivity contribution in [1.82, 2.24) is 24.6 Å². The Morgan fingerprint density at radius 2 is 1.85 bits per heavy atom. The van der Waals surface area contributed by atoms with Crippen molar-refractivity contribution in [3.63, 3.8) is 0 Å². The van der Waals surface area contributed by atoms with Crippen molar-refractivity contribution in [2.24, 2.45) is 5.92 Å². The maximum Gasteiger partial charge on any atom is 0.414 e. The van der Waals surface area contributed by atoms with Gasteiger partial charge in [0.25, 0.3) is 5.91 Å². The minimum Gasteiger partial charge on any atom is -0.444 e. The molecule has 6 rings (SSSR count). The van der Waals surface area contributed by atoms with Crippen LogP contribution in [0.15, 0.2) is 35.2 Å². The molecule has 1 aromatic carbocycles. The fourth-order valence-corrected chi connectivity index (χ4v) is 8.91. The smallest absolute Gasteiger partial charge is 0.414 e. The molecule has 3 fully saturated rings. The Hall–Kier alpha value is -3.70. The summed E-state index contributed by atoms with van der Waals surface area (Å²) in [7, 11) is -4.64. The Bertz CT molecular complexity index is 1740. The standard InChI is InChI=1S/C31H42N6O9S2/c1-35(2)48(44,45)24-11-12-25-20(16-24)13-15-36(25)30(41)46-22-17-26-27(38)33-31(28(39)34-47(42,43)23-9-10-23)18-21(31)8-6-4-3-5-7-14-32-29(40)37(26)19-22/h6,8,11-12,16,21-23,26H,3-5,7,9-10,13-15,17-19H2,1-2H3,(H,32,40)(H,33,38)(H,34,39)/b8-6-/t21-,22+,26-,31+/m0/s1. The van der Waals surface area contributed by atoms with Crippen molar-refractivity contribution in [3.05, 3.63) is 35.9 Å². The van der Waals surface area contributed by atoms with Gasteiger partial charge >= 0.3 is 12.1 Å². The first-order valence-corrected chi connectivity index (χ1v) is 19.3. The number of sulfonamides is 2. The average Bonchev–Trinajstić information content (AvgIpc) is 3.92. The molecule has 17 heteroatoms. The Labute approximate surface area is 280 Å². The molecule has 3 aliphatic heterocycles. The molecule has 1 saturated heterocycles. The third kappa shape index (κ3) is 6.76. The minimum atomic E-state index is -3.87. The van der Waals surface area contributed by atoms with E-state index in [-0.39, 0.29) is 30.8 Å². The number of allylic oxidation sites excluding steroid dienone is 1. The number of amides is 5. The molecule has 48 heavy (non-hydrogen) atoms. The van der Waals surface area contributed by atoms with Gasteiger partial charge in [-0.3, -0.25) is 19.2 Å². The predicted molar refractivity (Wildman–Crippen MR) is 174 cm³/mol. The van der Waals surface area contributed by atoms with E-state index >= 15 is 0 Å². The number of hydrogen-bond acceptors (Lipinski definition) is 9. The molecule has 0 radical (unpaired) electrons. The first-order valence-electron chi connectivity index (χ1n) is 16.4. The minimum absolute atomic E-state index is 0.0374.